The highest BCUT2D eigenvalue weighted by Crippen LogP contribution is 2.18. The van der Waals surface area contributed by atoms with Crippen LogP contribution in [0.15, 0.2) is 17.1 Å². The Balaban J connectivity index is 2.74. The lowest BCUT2D eigenvalue weighted by Crippen LogP contribution is -2.25. The van der Waals surface area contributed by atoms with Crippen LogP contribution in [0.5, 0.6) is 0 Å². The van der Waals surface area contributed by atoms with E-state index in [9.17, 15) is 4.79 Å². The molecule has 1 aromatic rings. The van der Waals surface area contributed by atoms with Crippen molar-refractivity contribution in [3.63, 3.8) is 0 Å². The third kappa shape index (κ3) is 3.91. The third-order valence-electron chi connectivity index (χ3n) is 2.50. The normalized spacial score (nSPS) is 10.9. The van der Waals surface area contributed by atoms with Gasteiger partial charge in [-0.2, -0.15) is 10.4 Å². The number of aromatic nitrogens is 2. The van der Waals surface area contributed by atoms with Crippen LogP contribution in [0.2, 0.25) is 0 Å². The van der Waals surface area contributed by atoms with Crippen molar-refractivity contribution in [3.8, 4) is 6.07 Å². The highest BCUT2D eigenvalue weighted by molar-refractivity contribution is 5.38. The van der Waals surface area contributed by atoms with Gasteiger partial charge in [0.05, 0.1) is 23.4 Å². The Morgan fingerprint density at radius 3 is 2.82 bits per heavy atom. The Kier molecular flexibility index (Phi) is 4.27. The molecule has 1 heterocycles. The Morgan fingerprint density at radius 2 is 2.29 bits per heavy atom. The van der Waals surface area contributed by atoms with Gasteiger partial charge >= 0.3 is 0 Å². The second-order valence-electron chi connectivity index (χ2n) is 4.58. The summed E-state index contributed by atoms with van der Waals surface area (Å²) in [4.78, 5) is 11.7. The molecule has 0 fully saturated rings. The van der Waals surface area contributed by atoms with Crippen LogP contribution in [0.3, 0.4) is 0 Å². The molecule has 0 unspecified atom stereocenters. The van der Waals surface area contributed by atoms with E-state index in [4.69, 9.17) is 5.26 Å². The van der Waals surface area contributed by atoms with Crippen molar-refractivity contribution in [3.05, 3.63) is 22.6 Å². The van der Waals surface area contributed by atoms with Gasteiger partial charge in [-0.1, -0.05) is 0 Å². The summed E-state index contributed by atoms with van der Waals surface area (Å²) >= 11 is 0. The molecular weight excluding hydrogens is 216 g/mol. The summed E-state index contributed by atoms with van der Waals surface area (Å²) in [7, 11) is 0. The maximum Gasteiger partial charge on any atom is 0.268 e. The van der Waals surface area contributed by atoms with Gasteiger partial charge in [-0.05, 0) is 27.2 Å². The molecule has 1 N–H and O–H groups in total. The number of nitriles is 1. The summed E-state index contributed by atoms with van der Waals surface area (Å²) in [6.07, 6.45) is 2.24. The van der Waals surface area contributed by atoms with Crippen LogP contribution >= 0.6 is 0 Å². The number of nitrogens with one attached hydrogen (secondary N) is 1. The number of rotatable bonds is 5. The third-order valence-corrected chi connectivity index (χ3v) is 2.50. The minimum absolute atomic E-state index is 0.141. The first-order valence-corrected chi connectivity index (χ1v) is 5.71. The van der Waals surface area contributed by atoms with E-state index in [2.05, 4.69) is 16.5 Å². The summed E-state index contributed by atoms with van der Waals surface area (Å²) in [5.41, 5.74) is 0.159. The van der Waals surface area contributed by atoms with Gasteiger partial charge in [0.1, 0.15) is 0 Å². The SMILES string of the molecule is CCNc1cnn(CCC(C)(C)C#N)c(=O)c1. The molecule has 5 heteroatoms. The average molecular weight is 234 g/mol. The molecule has 0 aliphatic rings. The van der Waals surface area contributed by atoms with Crippen LogP contribution in [0.1, 0.15) is 27.2 Å². The monoisotopic (exact) mass is 234 g/mol. The molecule has 0 atom stereocenters. The first-order chi connectivity index (χ1) is 7.98. The molecule has 0 aliphatic heterocycles. The molecule has 0 saturated carbocycles. The van der Waals surface area contributed by atoms with E-state index in [1.807, 2.05) is 20.8 Å². The molecule has 17 heavy (non-hydrogen) atoms. The van der Waals surface area contributed by atoms with E-state index in [0.29, 0.717) is 13.0 Å². The van der Waals surface area contributed by atoms with Gasteiger partial charge in [-0.15, -0.1) is 0 Å². The van der Waals surface area contributed by atoms with E-state index >= 15 is 0 Å². The Hall–Kier alpha value is -1.83. The molecule has 5 nitrogen and oxygen atoms in total. The van der Waals surface area contributed by atoms with Crippen molar-refractivity contribution in [2.45, 2.75) is 33.7 Å². The molecule has 0 saturated heterocycles. The van der Waals surface area contributed by atoms with Crippen molar-refractivity contribution in [1.82, 2.24) is 9.78 Å². The quantitative estimate of drug-likeness (QED) is 0.840. The Labute approximate surface area is 101 Å². The largest absolute Gasteiger partial charge is 0.384 e. The summed E-state index contributed by atoms with van der Waals surface area (Å²) in [6, 6.07) is 3.73. The smallest absolute Gasteiger partial charge is 0.268 e. The second-order valence-corrected chi connectivity index (χ2v) is 4.58. The van der Waals surface area contributed by atoms with Gasteiger partial charge in [-0.3, -0.25) is 4.79 Å². The number of nitrogens with zero attached hydrogens (tertiary/aromatic N) is 3. The van der Waals surface area contributed by atoms with Crippen molar-refractivity contribution >= 4 is 5.69 Å². The Morgan fingerprint density at radius 1 is 1.59 bits per heavy atom. The number of hydrogen-bond acceptors (Lipinski definition) is 4. The number of hydrogen-bond donors (Lipinski definition) is 1. The molecule has 0 aromatic carbocycles. The summed E-state index contributed by atoms with van der Waals surface area (Å²) < 4.78 is 1.39. The minimum atomic E-state index is -0.429. The fraction of sp³-hybridized carbons (Fsp3) is 0.583. The number of anilines is 1. The van der Waals surface area contributed by atoms with Crippen LogP contribution in [0.4, 0.5) is 5.69 Å². The molecule has 0 radical (unpaired) electrons. The molecule has 1 rings (SSSR count). The summed E-state index contributed by atoms with van der Waals surface area (Å²) in [5.74, 6) is 0. The van der Waals surface area contributed by atoms with Crippen molar-refractivity contribution < 1.29 is 0 Å². The molecule has 0 aliphatic carbocycles. The van der Waals surface area contributed by atoms with Crippen LogP contribution < -0.4 is 10.9 Å². The van der Waals surface area contributed by atoms with Gasteiger partial charge in [0.2, 0.25) is 0 Å². The van der Waals surface area contributed by atoms with Gasteiger partial charge in [0.25, 0.3) is 5.56 Å². The lowest BCUT2D eigenvalue weighted by atomic mass is 9.92. The zero-order valence-corrected chi connectivity index (χ0v) is 10.5. The standard InChI is InChI=1S/C12H18N4O/c1-4-14-10-7-11(17)16(15-8-10)6-5-12(2,3)9-13/h7-8,14H,4-6H2,1-3H3. The predicted molar refractivity (Wildman–Crippen MR) is 66.7 cm³/mol. The lowest BCUT2D eigenvalue weighted by Gasteiger charge is -2.15. The first kappa shape index (κ1) is 13.2. The van der Waals surface area contributed by atoms with Crippen LogP contribution in [0, 0.1) is 16.7 Å². The molecule has 1 aromatic heterocycles. The zero-order valence-electron chi connectivity index (χ0n) is 10.5. The molecular formula is C12H18N4O. The maximum atomic E-state index is 11.7. The molecule has 0 amide bonds. The highest BCUT2D eigenvalue weighted by atomic mass is 16.1. The molecule has 0 bridgehead atoms. The summed E-state index contributed by atoms with van der Waals surface area (Å²) in [6.45, 7) is 6.88. The van der Waals surface area contributed by atoms with Gasteiger partial charge in [0, 0.05) is 19.2 Å². The average Bonchev–Trinajstić information content (AvgIpc) is 2.28. The number of aryl methyl sites for hydroxylation is 1. The van der Waals surface area contributed by atoms with E-state index in [1.165, 1.54) is 10.7 Å². The van der Waals surface area contributed by atoms with Gasteiger partial charge in [-0.25, -0.2) is 4.68 Å². The van der Waals surface area contributed by atoms with Crippen LogP contribution in [0.25, 0.3) is 0 Å². The van der Waals surface area contributed by atoms with E-state index in [1.54, 1.807) is 6.20 Å². The lowest BCUT2D eigenvalue weighted by molar-refractivity contribution is 0.391. The van der Waals surface area contributed by atoms with E-state index in [0.717, 1.165) is 12.2 Å². The second kappa shape index (κ2) is 5.48. The molecule has 92 valence electrons. The Bertz CT molecular complexity index is 470. The van der Waals surface area contributed by atoms with Crippen molar-refractivity contribution in [1.29, 1.82) is 5.26 Å². The first-order valence-electron chi connectivity index (χ1n) is 5.71. The van der Waals surface area contributed by atoms with Crippen LogP contribution in [-0.2, 0) is 6.54 Å². The predicted octanol–water partition coefficient (Wildman–Crippen LogP) is 1.61. The highest BCUT2D eigenvalue weighted by Gasteiger charge is 2.16. The zero-order chi connectivity index (χ0) is 12.9. The fourth-order valence-corrected chi connectivity index (χ4v) is 1.34. The minimum Gasteiger partial charge on any atom is -0.384 e. The van der Waals surface area contributed by atoms with Crippen LogP contribution in [-0.4, -0.2) is 16.3 Å². The maximum absolute atomic E-state index is 11.7. The molecule has 0 spiro atoms. The topological polar surface area (TPSA) is 70.7 Å². The van der Waals surface area contributed by atoms with Crippen molar-refractivity contribution in [2.24, 2.45) is 5.41 Å². The van der Waals surface area contributed by atoms with Gasteiger partial charge < -0.3 is 5.32 Å². The van der Waals surface area contributed by atoms with E-state index in [-0.39, 0.29) is 5.56 Å². The van der Waals surface area contributed by atoms with E-state index < -0.39 is 5.41 Å². The fourth-order valence-electron chi connectivity index (χ4n) is 1.34. The van der Waals surface area contributed by atoms with Gasteiger partial charge in [0.15, 0.2) is 0 Å². The van der Waals surface area contributed by atoms with Crippen molar-refractivity contribution in [2.75, 3.05) is 11.9 Å². The summed E-state index contributed by atoms with van der Waals surface area (Å²) in [5, 5.41) is 16.0.